The van der Waals surface area contributed by atoms with Gasteiger partial charge in [-0.2, -0.15) is 0 Å². The number of hydrogen-bond donors (Lipinski definition) is 0. The number of unbranched alkanes of at least 4 members (excludes halogenated alkanes) is 5. The van der Waals surface area contributed by atoms with Gasteiger partial charge in [0.2, 0.25) is 0 Å². The van der Waals surface area contributed by atoms with Crippen molar-refractivity contribution < 1.29 is 33.8 Å². The first-order valence-electron chi connectivity index (χ1n) is 3.91. The monoisotopic (exact) mass is 164 g/mol. The summed E-state index contributed by atoms with van der Waals surface area (Å²) in [5, 5.41) is 0. The molecule has 0 spiro atoms. The predicted octanol–water partition coefficient (Wildman–Crippen LogP) is 0.328. The van der Waals surface area contributed by atoms with Crippen LogP contribution in [0.4, 0.5) is 0 Å². The standard InChI is InChI=1S/C8H18.Mg.Na.3H/c1-3-5-7-8-6-4-2;;;;;/h3-8H2,1-2H3;;;;;/q;+2;+1;3*-1. The van der Waals surface area contributed by atoms with E-state index in [1.165, 1.54) is 38.5 Å². The SMILES string of the molecule is CCCCCCCC.[H-].[H-].[H-].[Mg+2].[Na+]. The van der Waals surface area contributed by atoms with E-state index in [2.05, 4.69) is 13.8 Å². The van der Waals surface area contributed by atoms with Gasteiger partial charge >= 0.3 is 52.6 Å². The molecular weight excluding hydrogens is 143 g/mol. The Morgan fingerprint density at radius 2 is 1.10 bits per heavy atom. The smallest absolute Gasteiger partial charge is 1.00 e. The van der Waals surface area contributed by atoms with Gasteiger partial charge in [0.15, 0.2) is 0 Å². The summed E-state index contributed by atoms with van der Waals surface area (Å²) in [6.07, 6.45) is 8.49. The summed E-state index contributed by atoms with van der Waals surface area (Å²) in [4.78, 5) is 0. The average Bonchev–Trinajstić information content (AvgIpc) is 1.81. The molecule has 56 valence electrons. The molecule has 10 heavy (non-hydrogen) atoms. The van der Waals surface area contributed by atoms with E-state index in [1.807, 2.05) is 0 Å². The van der Waals surface area contributed by atoms with E-state index in [0.717, 1.165) is 0 Å². The summed E-state index contributed by atoms with van der Waals surface area (Å²) in [5.41, 5.74) is 0. The second-order valence-corrected chi connectivity index (χ2v) is 2.41. The molecule has 0 aliphatic heterocycles. The summed E-state index contributed by atoms with van der Waals surface area (Å²) in [5.74, 6) is 0. The molecule has 0 N–H and O–H groups in total. The molecule has 0 aromatic carbocycles. The Kier molecular flexibility index (Phi) is 30.2. The van der Waals surface area contributed by atoms with Gasteiger partial charge in [0.25, 0.3) is 0 Å². The van der Waals surface area contributed by atoms with Crippen molar-refractivity contribution in [3.8, 4) is 0 Å². The first-order valence-corrected chi connectivity index (χ1v) is 3.91. The van der Waals surface area contributed by atoms with Crippen molar-refractivity contribution in [1.82, 2.24) is 0 Å². The Labute approximate surface area is 108 Å². The number of hydrogen-bond acceptors (Lipinski definition) is 0. The van der Waals surface area contributed by atoms with E-state index in [0.29, 0.717) is 0 Å². The van der Waals surface area contributed by atoms with Crippen LogP contribution in [0.2, 0.25) is 0 Å². The maximum Gasteiger partial charge on any atom is 2.00 e. The molecule has 0 rings (SSSR count). The van der Waals surface area contributed by atoms with Gasteiger partial charge in [0.1, 0.15) is 0 Å². The van der Waals surface area contributed by atoms with E-state index in [1.54, 1.807) is 0 Å². The summed E-state index contributed by atoms with van der Waals surface area (Å²) in [7, 11) is 0. The van der Waals surface area contributed by atoms with Crippen LogP contribution in [0.15, 0.2) is 0 Å². The van der Waals surface area contributed by atoms with Crippen LogP contribution in [-0.2, 0) is 0 Å². The summed E-state index contributed by atoms with van der Waals surface area (Å²) in [6, 6.07) is 0. The molecule has 0 saturated heterocycles. The summed E-state index contributed by atoms with van der Waals surface area (Å²) in [6.45, 7) is 4.51. The van der Waals surface area contributed by atoms with Crippen molar-refractivity contribution in [3.05, 3.63) is 0 Å². The van der Waals surface area contributed by atoms with Gasteiger partial charge < -0.3 is 4.28 Å². The summed E-state index contributed by atoms with van der Waals surface area (Å²) < 4.78 is 0. The first kappa shape index (κ1) is 17.7. The Morgan fingerprint density at radius 1 is 0.800 bits per heavy atom. The van der Waals surface area contributed by atoms with Crippen LogP contribution in [0.25, 0.3) is 0 Å². The van der Waals surface area contributed by atoms with Crippen molar-refractivity contribution in [2.24, 2.45) is 0 Å². The molecule has 0 aromatic heterocycles. The van der Waals surface area contributed by atoms with Crippen LogP contribution < -0.4 is 29.6 Å². The van der Waals surface area contributed by atoms with E-state index >= 15 is 0 Å². The van der Waals surface area contributed by atoms with Gasteiger partial charge in [0, 0.05) is 0 Å². The van der Waals surface area contributed by atoms with Gasteiger partial charge in [-0.3, -0.25) is 0 Å². The second kappa shape index (κ2) is 17.0. The van der Waals surface area contributed by atoms with Crippen molar-refractivity contribution in [1.29, 1.82) is 0 Å². The molecule has 0 aliphatic carbocycles. The fraction of sp³-hybridized carbons (Fsp3) is 1.00. The fourth-order valence-corrected chi connectivity index (χ4v) is 0.854. The van der Waals surface area contributed by atoms with Crippen LogP contribution in [-0.4, -0.2) is 23.1 Å². The largest absolute Gasteiger partial charge is 2.00 e. The van der Waals surface area contributed by atoms with Crippen LogP contribution in [0.1, 0.15) is 56.7 Å². The Morgan fingerprint density at radius 3 is 1.30 bits per heavy atom. The third kappa shape index (κ3) is 16.4. The Bertz CT molecular complexity index is 44.4. The number of rotatable bonds is 5. The Hall–Kier alpha value is 1.77. The molecule has 2 heteroatoms. The first-order chi connectivity index (χ1) is 3.91. The summed E-state index contributed by atoms with van der Waals surface area (Å²) >= 11 is 0. The van der Waals surface area contributed by atoms with Gasteiger partial charge in [0.05, 0.1) is 0 Å². The third-order valence-corrected chi connectivity index (χ3v) is 1.46. The normalized spacial score (nSPS) is 7.80. The third-order valence-electron chi connectivity index (χ3n) is 1.46. The van der Waals surface area contributed by atoms with E-state index in [9.17, 15) is 0 Å². The maximum absolute atomic E-state index is 2.26. The van der Waals surface area contributed by atoms with Crippen LogP contribution in [0.5, 0.6) is 0 Å². The van der Waals surface area contributed by atoms with Crippen LogP contribution in [0.3, 0.4) is 0 Å². The Balaban J connectivity index is -0.0000000245. The molecule has 0 atom stereocenters. The van der Waals surface area contributed by atoms with E-state index in [-0.39, 0.29) is 56.9 Å². The van der Waals surface area contributed by atoms with Crippen molar-refractivity contribution in [3.63, 3.8) is 0 Å². The molecule has 0 nitrogen and oxygen atoms in total. The topological polar surface area (TPSA) is 0 Å². The zero-order valence-corrected chi connectivity index (χ0v) is 11.4. The van der Waals surface area contributed by atoms with Crippen LogP contribution in [0, 0.1) is 0 Å². The van der Waals surface area contributed by atoms with Gasteiger partial charge in [-0.15, -0.1) is 0 Å². The molecule has 0 bridgehead atoms. The molecule has 0 radical (unpaired) electrons. The van der Waals surface area contributed by atoms with Crippen molar-refractivity contribution in [2.75, 3.05) is 0 Å². The minimum Gasteiger partial charge on any atom is -1.00 e. The average molecular weight is 165 g/mol. The van der Waals surface area contributed by atoms with Crippen molar-refractivity contribution in [2.45, 2.75) is 52.4 Å². The van der Waals surface area contributed by atoms with Gasteiger partial charge in [-0.25, -0.2) is 0 Å². The van der Waals surface area contributed by atoms with E-state index < -0.39 is 0 Å². The van der Waals surface area contributed by atoms with E-state index in [4.69, 9.17) is 0 Å². The molecule has 0 aliphatic rings. The molecule has 0 amide bonds. The minimum absolute atomic E-state index is 0. The van der Waals surface area contributed by atoms with Crippen molar-refractivity contribution >= 4 is 23.1 Å². The molecule has 0 heterocycles. The van der Waals surface area contributed by atoms with Crippen LogP contribution >= 0.6 is 0 Å². The second-order valence-electron chi connectivity index (χ2n) is 2.41. The maximum atomic E-state index is 2.26. The predicted molar refractivity (Wildman–Crippen MR) is 48.1 cm³/mol. The molecule has 0 saturated carbocycles. The van der Waals surface area contributed by atoms with Gasteiger partial charge in [-0.1, -0.05) is 52.4 Å². The quantitative estimate of drug-likeness (QED) is 0.406. The molecule has 0 aromatic rings. The molecule has 0 unspecified atom stereocenters. The van der Waals surface area contributed by atoms with Gasteiger partial charge in [-0.05, 0) is 0 Å². The fourth-order valence-electron chi connectivity index (χ4n) is 0.854. The zero-order valence-electron chi connectivity index (χ0n) is 10.9. The molecule has 0 fully saturated rings. The minimum atomic E-state index is 0. The molecular formula is C8H21MgNa. The zero-order chi connectivity index (χ0) is 6.24.